The van der Waals surface area contributed by atoms with Crippen LogP contribution in [0.5, 0.6) is 5.75 Å². The highest BCUT2D eigenvalue weighted by Gasteiger charge is 2.33. The molecule has 0 saturated carbocycles. The van der Waals surface area contributed by atoms with Gasteiger partial charge >= 0.3 is 6.03 Å². The van der Waals surface area contributed by atoms with Crippen molar-refractivity contribution in [1.82, 2.24) is 10.2 Å². The highest BCUT2D eigenvalue weighted by molar-refractivity contribution is 6.31. The van der Waals surface area contributed by atoms with Crippen LogP contribution in [0.15, 0.2) is 42.0 Å². The molecule has 2 aromatic rings. The van der Waals surface area contributed by atoms with E-state index in [0.717, 1.165) is 15.7 Å². The minimum atomic E-state index is -0.725. The maximum Gasteiger partial charge on any atom is 0.331 e. The third kappa shape index (κ3) is 2.44. The van der Waals surface area contributed by atoms with Crippen LogP contribution in [-0.4, -0.2) is 36.9 Å². The first-order valence-corrected chi connectivity index (χ1v) is 6.93. The summed E-state index contributed by atoms with van der Waals surface area (Å²) < 4.78 is 5.33. The number of barbiturate groups is 1. The number of nitrogens with one attached hydrogen (secondary N) is 1. The van der Waals surface area contributed by atoms with Crippen LogP contribution in [-0.2, 0) is 9.59 Å². The summed E-state index contributed by atoms with van der Waals surface area (Å²) in [5.74, 6) is -0.619. The fraction of sp³-hybridized carbons (Fsp3) is 0.118. The summed E-state index contributed by atoms with van der Waals surface area (Å²) in [5.41, 5.74) is 0.616. The summed E-state index contributed by atoms with van der Waals surface area (Å²) in [5, 5.41) is 3.85. The Morgan fingerprint density at radius 2 is 1.74 bits per heavy atom. The standard InChI is InChI=1S/C17H14N2O4/c1-19-16(21)13(15(20)18-17(19)22)9-10-7-8-14(23-2)12-6-4-3-5-11(10)12/h3-9H,1-2H3,(H,18,20,22). The predicted octanol–water partition coefficient (Wildman–Crippen LogP) is 1.94. The van der Waals surface area contributed by atoms with E-state index in [0.29, 0.717) is 11.3 Å². The number of likely N-dealkylation sites (N-methyl/N-ethyl adjacent to an activating group) is 1. The van der Waals surface area contributed by atoms with Crippen molar-refractivity contribution in [2.75, 3.05) is 14.2 Å². The molecule has 3 rings (SSSR count). The second-order valence-corrected chi connectivity index (χ2v) is 5.08. The summed E-state index contributed by atoms with van der Waals surface area (Å²) in [6.45, 7) is 0. The molecule has 0 radical (unpaired) electrons. The minimum absolute atomic E-state index is 0.0811. The van der Waals surface area contributed by atoms with Crippen LogP contribution >= 0.6 is 0 Å². The van der Waals surface area contributed by atoms with Gasteiger partial charge in [0.25, 0.3) is 11.8 Å². The Bertz CT molecular complexity index is 870. The lowest BCUT2D eigenvalue weighted by Crippen LogP contribution is -2.52. The smallest absolute Gasteiger partial charge is 0.331 e. The van der Waals surface area contributed by atoms with E-state index in [1.807, 2.05) is 24.3 Å². The van der Waals surface area contributed by atoms with E-state index in [-0.39, 0.29) is 5.57 Å². The highest BCUT2D eigenvalue weighted by atomic mass is 16.5. The molecule has 116 valence electrons. The van der Waals surface area contributed by atoms with Crippen LogP contribution in [0, 0.1) is 0 Å². The molecule has 0 atom stereocenters. The van der Waals surface area contributed by atoms with Crippen LogP contribution in [0.4, 0.5) is 4.79 Å². The SMILES string of the molecule is COc1ccc(C=C2C(=O)NC(=O)N(C)C2=O)c2ccccc12. The quantitative estimate of drug-likeness (QED) is 0.679. The number of benzene rings is 2. The molecular weight excluding hydrogens is 296 g/mol. The first kappa shape index (κ1) is 14.8. The molecule has 0 aromatic heterocycles. The number of ether oxygens (including phenoxy) is 1. The van der Waals surface area contributed by atoms with Crippen molar-refractivity contribution in [2.24, 2.45) is 0 Å². The van der Waals surface area contributed by atoms with Gasteiger partial charge in [-0.1, -0.05) is 30.3 Å². The molecule has 23 heavy (non-hydrogen) atoms. The van der Waals surface area contributed by atoms with Crippen molar-refractivity contribution in [2.45, 2.75) is 0 Å². The van der Waals surface area contributed by atoms with Gasteiger partial charge in [-0.25, -0.2) is 4.79 Å². The van der Waals surface area contributed by atoms with Crippen LogP contribution in [0.25, 0.3) is 16.8 Å². The van der Waals surface area contributed by atoms with E-state index in [1.165, 1.54) is 13.1 Å². The van der Waals surface area contributed by atoms with Crippen molar-refractivity contribution in [3.05, 3.63) is 47.5 Å². The van der Waals surface area contributed by atoms with Crippen LogP contribution < -0.4 is 10.1 Å². The van der Waals surface area contributed by atoms with Gasteiger partial charge in [-0.3, -0.25) is 19.8 Å². The molecule has 6 nitrogen and oxygen atoms in total. The third-order valence-corrected chi connectivity index (χ3v) is 3.74. The number of amides is 4. The molecule has 1 heterocycles. The maximum atomic E-state index is 12.2. The summed E-state index contributed by atoms with van der Waals surface area (Å²) in [4.78, 5) is 36.4. The molecular formula is C17H14N2O4. The van der Waals surface area contributed by atoms with Crippen LogP contribution in [0.1, 0.15) is 5.56 Å². The average Bonchev–Trinajstić information content (AvgIpc) is 2.56. The predicted molar refractivity (Wildman–Crippen MR) is 84.8 cm³/mol. The van der Waals surface area contributed by atoms with E-state index >= 15 is 0 Å². The summed E-state index contributed by atoms with van der Waals surface area (Å²) in [6, 6.07) is 10.3. The zero-order valence-corrected chi connectivity index (χ0v) is 12.6. The number of carbonyl (C=O) groups is 3. The molecule has 1 aliphatic rings. The fourth-order valence-corrected chi connectivity index (χ4v) is 2.50. The average molecular weight is 310 g/mol. The number of carbonyl (C=O) groups excluding carboxylic acids is 3. The van der Waals surface area contributed by atoms with E-state index in [1.54, 1.807) is 19.2 Å². The first-order valence-electron chi connectivity index (χ1n) is 6.93. The van der Waals surface area contributed by atoms with E-state index < -0.39 is 17.8 Å². The Labute approximate surface area is 132 Å². The first-order chi connectivity index (χ1) is 11.0. The van der Waals surface area contributed by atoms with Gasteiger partial charge in [0.2, 0.25) is 0 Å². The fourth-order valence-electron chi connectivity index (χ4n) is 2.50. The zero-order chi connectivity index (χ0) is 16.6. The van der Waals surface area contributed by atoms with Crippen LogP contribution in [0.3, 0.4) is 0 Å². The highest BCUT2D eigenvalue weighted by Crippen LogP contribution is 2.30. The summed E-state index contributed by atoms with van der Waals surface area (Å²) in [7, 11) is 2.91. The van der Waals surface area contributed by atoms with Gasteiger partial charge in [0.05, 0.1) is 7.11 Å². The Morgan fingerprint density at radius 3 is 2.43 bits per heavy atom. The number of methoxy groups -OCH3 is 1. The molecule has 1 N–H and O–H groups in total. The Morgan fingerprint density at radius 1 is 1.04 bits per heavy atom. The van der Waals surface area contributed by atoms with Gasteiger partial charge in [-0.2, -0.15) is 0 Å². The van der Waals surface area contributed by atoms with Gasteiger partial charge < -0.3 is 4.74 Å². The third-order valence-electron chi connectivity index (χ3n) is 3.74. The molecule has 4 amide bonds. The number of fused-ring (bicyclic) bond motifs is 1. The van der Waals surface area contributed by atoms with E-state index in [2.05, 4.69) is 5.32 Å². The Hall–Kier alpha value is -3.15. The molecule has 1 saturated heterocycles. The number of urea groups is 1. The van der Waals surface area contributed by atoms with Crippen LogP contribution in [0.2, 0.25) is 0 Å². The normalized spacial score (nSPS) is 16.9. The van der Waals surface area contributed by atoms with E-state index in [9.17, 15) is 14.4 Å². The topological polar surface area (TPSA) is 75.7 Å². The lowest BCUT2D eigenvalue weighted by molar-refractivity contribution is -0.129. The number of hydrogen-bond donors (Lipinski definition) is 1. The van der Waals surface area contributed by atoms with Gasteiger partial charge in [0.1, 0.15) is 11.3 Å². The van der Waals surface area contributed by atoms with Crippen molar-refractivity contribution >= 4 is 34.7 Å². The van der Waals surface area contributed by atoms with Crippen molar-refractivity contribution in [3.8, 4) is 5.75 Å². The molecule has 1 fully saturated rings. The number of imide groups is 2. The summed E-state index contributed by atoms with van der Waals surface area (Å²) >= 11 is 0. The summed E-state index contributed by atoms with van der Waals surface area (Å²) in [6.07, 6.45) is 1.49. The lowest BCUT2D eigenvalue weighted by atomic mass is 10.0. The Balaban J connectivity index is 2.16. The molecule has 6 heteroatoms. The van der Waals surface area contributed by atoms with Gasteiger partial charge in [-0.15, -0.1) is 0 Å². The number of nitrogens with zero attached hydrogens (tertiary/aromatic N) is 1. The lowest BCUT2D eigenvalue weighted by Gasteiger charge is -2.22. The van der Waals surface area contributed by atoms with E-state index in [4.69, 9.17) is 4.74 Å². The molecule has 2 aromatic carbocycles. The van der Waals surface area contributed by atoms with Crippen molar-refractivity contribution in [3.63, 3.8) is 0 Å². The molecule has 1 aliphatic heterocycles. The molecule has 0 unspecified atom stereocenters. The molecule has 0 spiro atoms. The van der Waals surface area contributed by atoms with Gasteiger partial charge in [0, 0.05) is 12.4 Å². The van der Waals surface area contributed by atoms with Gasteiger partial charge in [0.15, 0.2) is 0 Å². The molecule has 0 aliphatic carbocycles. The van der Waals surface area contributed by atoms with Gasteiger partial charge in [-0.05, 0) is 23.1 Å². The number of hydrogen-bond acceptors (Lipinski definition) is 4. The monoisotopic (exact) mass is 310 g/mol. The Kier molecular flexibility index (Phi) is 3.57. The van der Waals surface area contributed by atoms with Crippen molar-refractivity contribution < 1.29 is 19.1 Å². The maximum absolute atomic E-state index is 12.2. The zero-order valence-electron chi connectivity index (χ0n) is 12.6. The largest absolute Gasteiger partial charge is 0.496 e. The second kappa shape index (κ2) is 5.57. The molecule has 0 bridgehead atoms. The number of rotatable bonds is 2. The second-order valence-electron chi connectivity index (χ2n) is 5.08. The minimum Gasteiger partial charge on any atom is -0.496 e. The van der Waals surface area contributed by atoms with Crippen molar-refractivity contribution in [1.29, 1.82) is 0 Å².